The number of rotatable bonds is 5. The third-order valence-corrected chi connectivity index (χ3v) is 2.97. The van der Waals surface area contributed by atoms with Crippen LogP contribution >= 0.6 is 0 Å². The molecule has 2 aromatic rings. The molecule has 3 N–H and O–H groups in total. The lowest BCUT2D eigenvalue weighted by atomic mass is 10.0. The van der Waals surface area contributed by atoms with Gasteiger partial charge in [-0.1, -0.05) is 31.2 Å². The minimum atomic E-state index is 0.397. The van der Waals surface area contributed by atoms with Gasteiger partial charge in [0.25, 0.3) is 0 Å². The number of aromatic nitrogens is 2. The van der Waals surface area contributed by atoms with E-state index in [1.54, 1.807) is 0 Å². The Labute approximate surface area is 107 Å². The Morgan fingerprint density at radius 3 is 2.61 bits per heavy atom. The molecule has 18 heavy (non-hydrogen) atoms. The van der Waals surface area contributed by atoms with E-state index in [0.717, 1.165) is 11.3 Å². The van der Waals surface area contributed by atoms with E-state index >= 15 is 0 Å². The van der Waals surface area contributed by atoms with Crippen LogP contribution in [0.3, 0.4) is 0 Å². The third-order valence-electron chi connectivity index (χ3n) is 2.97. The molecule has 0 aliphatic rings. The molecule has 0 bridgehead atoms. The summed E-state index contributed by atoms with van der Waals surface area (Å²) >= 11 is 0. The smallest absolute Gasteiger partial charge is 0.233 e. The number of hydrogen-bond acceptors (Lipinski definition) is 3. The molecular weight excluding hydrogens is 226 g/mol. The highest BCUT2D eigenvalue weighted by Crippen LogP contribution is 2.16. The summed E-state index contributed by atoms with van der Waals surface area (Å²) in [5.74, 6) is 1.03. The van der Waals surface area contributed by atoms with Crippen LogP contribution in [0.1, 0.15) is 29.7 Å². The second-order valence-corrected chi connectivity index (χ2v) is 4.56. The Morgan fingerprint density at radius 1 is 1.33 bits per heavy atom. The van der Waals surface area contributed by atoms with Gasteiger partial charge in [0.1, 0.15) is 6.61 Å². The average molecular weight is 245 g/mol. The SMILES string of the molecule is Cc1cc(OCc2ccc(C(C)CN)cc2)n[nH]1. The van der Waals surface area contributed by atoms with Crippen LogP contribution in [0.4, 0.5) is 0 Å². The lowest BCUT2D eigenvalue weighted by Gasteiger charge is -2.09. The molecule has 1 aromatic heterocycles. The molecule has 0 aliphatic carbocycles. The number of ether oxygens (including phenoxy) is 1. The van der Waals surface area contributed by atoms with Gasteiger partial charge in [0.05, 0.1) is 0 Å². The number of nitrogens with two attached hydrogens (primary N) is 1. The fraction of sp³-hybridized carbons (Fsp3) is 0.357. The van der Waals surface area contributed by atoms with Crippen molar-refractivity contribution in [3.63, 3.8) is 0 Å². The maximum atomic E-state index is 5.64. The van der Waals surface area contributed by atoms with Gasteiger partial charge in [-0.3, -0.25) is 5.10 Å². The van der Waals surface area contributed by atoms with Crippen LogP contribution in [0.25, 0.3) is 0 Å². The molecule has 1 heterocycles. The van der Waals surface area contributed by atoms with Crippen LogP contribution in [0, 0.1) is 6.92 Å². The van der Waals surface area contributed by atoms with Crippen molar-refractivity contribution in [1.82, 2.24) is 10.2 Å². The maximum Gasteiger partial charge on any atom is 0.233 e. The van der Waals surface area contributed by atoms with Gasteiger partial charge in [-0.05, 0) is 30.5 Å². The summed E-state index contributed by atoms with van der Waals surface area (Å²) in [6, 6.07) is 10.2. The van der Waals surface area contributed by atoms with E-state index < -0.39 is 0 Å². The first-order valence-corrected chi connectivity index (χ1v) is 6.12. The van der Waals surface area contributed by atoms with E-state index in [2.05, 4.69) is 41.4 Å². The number of aryl methyl sites for hydroxylation is 1. The van der Waals surface area contributed by atoms with Gasteiger partial charge in [0, 0.05) is 11.8 Å². The van der Waals surface area contributed by atoms with Gasteiger partial charge in [0.15, 0.2) is 0 Å². The maximum absolute atomic E-state index is 5.64. The quantitative estimate of drug-likeness (QED) is 0.850. The molecule has 0 spiro atoms. The number of nitrogens with zero attached hydrogens (tertiary/aromatic N) is 1. The minimum Gasteiger partial charge on any atom is -0.472 e. The van der Waals surface area contributed by atoms with E-state index in [1.165, 1.54) is 5.56 Å². The van der Waals surface area contributed by atoms with Crippen LogP contribution < -0.4 is 10.5 Å². The Bertz CT molecular complexity index is 490. The van der Waals surface area contributed by atoms with Crippen molar-refractivity contribution >= 4 is 0 Å². The van der Waals surface area contributed by atoms with Gasteiger partial charge >= 0.3 is 0 Å². The van der Waals surface area contributed by atoms with Crippen LogP contribution in [-0.2, 0) is 6.61 Å². The topological polar surface area (TPSA) is 63.9 Å². The molecule has 0 aliphatic heterocycles. The van der Waals surface area contributed by atoms with Crippen LogP contribution in [0.2, 0.25) is 0 Å². The summed E-state index contributed by atoms with van der Waals surface area (Å²) in [6.45, 7) is 5.27. The summed E-state index contributed by atoms with van der Waals surface area (Å²) in [6.07, 6.45) is 0. The van der Waals surface area contributed by atoms with Crippen LogP contribution in [0.15, 0.2) is 30.3 Å². The fourth-order valence-electron chi connectivity index (χ4n) is 1.70. The normalized spacial score (nSPS) is 12.4. The second kappa shape index (κ2) is 5.69. The van der Waals surface area contributed by atoms with E-state index in [1.807, 2.05) is 13.0 Å². The van der Waals surface area contributed by atoms with Crippen molar-refractivity contribution in [2.24, 2.45) is 5.73 Å². The minimum absolute atomic E-state index is 0.397. The third kappa shape index (κ3) is 3.11. The van der Waals surface area contributed by atoms with E-state index in [4.69, 9.17) is 10.5 Å². The van der Waals surface area contributed by atoms with Crippen molar-refractivity contribution in [2.45, 2.75) is 26.4 Å². The first kappa shape index (κ1) is 12.6. The molecule has 0 radical (unpaired) electrons. The predicted octanol–water partition coefficient (Wildman–Crippen LogP) is 2.36. The Kier molecular flexibility index (Phi) is 3.99. The lowest BCUT2D eigenvalue weighted by molar-refractivity contribution is 0.293. The lowest BCUT2D eigenvalue weighted by Crippen LogP contribution is -2.08. The highest BCUT2D eigenvalue weighted by molar-refractivity contribution is 5.25. The Hall–Kier alpha value is -1.81. The Balaban J connectivity index is 1.94. The number of nitrogens with one attached hydrogen (secondary N) is 1. The van der Waals surface area contributed by atoms with E-state index in [0.29, 0.717) is 24.9 Å². The summed E-state index contributed by atoms with van der Waals surface area (Å²) < 4.78 is 5.57. The van der Waals surface area contributed by atoms with E-state index in [-0.39, 0.29) is 0 Å². The van der Waals surface area contributed by atoms with Gasteiger partial charge in [-0.2, -0.15) is 0 Å². The molecule has 0 amide bonds. The fourth-order valence-corrected chi connectivity index (χ4v) is 1.70. The van der Waals surface area contributed by atoms with Crippen molar-refractivity contribution in [2.75, 3.05) is 6.54 Å². The summed E-state index contributed by atoms with van der Waals surface area (Å²) in [4.78, 5) is 0. The second-order valence-electron chi connectivity index (χ2n) is 4.56. The highest BCUT2D eigenvalue weighted by atomic mass is 16.5. The molecule has 2 rings (SSSR count). The van der Waals surface area contributed by atoms with Crippen molar-refractivity contribution < 1.29 is 4.74 Å². The monoisotopic (exact) mass is 245 g/mol. The Morgan fingerprint density at radius 2 is 2.06 bits per heavy atom. The summed E-state index contributed by atoms with van der Waals surface area (Å²) in [5.41, 5.74) is 9.03. The van der Waals surface area contributed by atoms with Crippen molar-refractivity contribution in [1.29, 1.82) is 0 Å². The molecule has 0 saturated carbocycles. The van der Waals surface area contributed by atoms with Crippen molar-refractivity contribution in [3.05, 3.63) is 47.2 Å². The number of H-pyrrole nitrogens is 1. The first-order valence-electron chi connectivity index (χ1n) is 6.12. The molecule has 0 saturated heterocycles. The molecule has 96 valence electrons. The molecule has 4 heteroatoms. The van der Waals surface area contributed by atoms with Gasteiger partial charge in [-0.25, -0.2) is 0 Å². The van der Waals surface area contributed by atoms with Gasteiger partial charge in [0.2, 0.25) is 5.88 Å². The molecule has 1 unspecified atom stereocenters. The molecule has 4 nitrogen and oxygen atoms in total. The standard InChI is InChI=1S/C14H19N3O/c1-10(8-15)13-5-3-12(4-6-13)9-18-14-7-11(2)16-17-14/h3-7,10H,8-9,15H2,1-2H3,(H,16,17). The van der Waals surface area contributed by atoms with Crippen molar-refractivity contribution in [3.8, 4) is 5.88 Å². The molecule has 1 atom stereocenters. The van der Waals surface area contributed by atoms with E-state index in [9.17, 15) is 0 Å². The van der Waals surface area contributed by atoms with Gasteiger partial charge < -0.3 is 10.5 Å². The zero-order chi connectivity index (χ0) is 13.0. The predicted molar refractivity (Wildman–Crippen MR) is 71.6 cm³/mol. The van der Waals surface area contributed by atoms with Crippen LogP contribution in [0.5, 0.6) is 5.88 Å². The number of aromatic amines is 1. The van der Waals surface area contributed by atoms with Crippen LogP contribution in [-0.4, -0.2) is 16.7 Å². The molecule has 0 fully saturated rings. The number of hydrogen-bond donors (Lipinski definition) is 2. The average Bonchev–Trinajstić information content (AvgIpc) is 2.82. The zero-order valence-corrected chi connectivity index (χ0v) is 10.8. The summed E-state index contributed by atoms with van der Waals surface area (Å²) in [5, 5.41) is 6.87. The molecule has 1 aromatic carbocycles. The highest BCUT2D eigenvalue weighted by Gasteiger charge is 2.03. The van der Waals surface area contributed by atoms with Gasteiger partial charge in [-0.15, -0.1) is 5.10 Å². The number of benzene rings is 1. The first-order chi connectivity index (χ1) is 8.69. The zero-order valence-electron chi connectivity index (χ0n) is 10.8. The summed E-state index contributed by atoms with van der Waals surface area (Å²) in [7, 11) is 0. The molecular formula is C14H19N3O. The largest absolute Gasteiger partial charge is 0.472 e.